The second kappa shape index (κ2) is 12.1. The highest BCUT2D eigenvalue weighted by Gasteiger charge is 2.29. The highest BCUT2D eigenvalue weighted by atomic mass is 19.2. The molecule has 2 unspecified atom stereocenters. The molecule has 0 bridgehead atoms. The molecule has 1 aliphatic heterocycles. The second-order valence-corrected chi connectivity index (χ2v) is 9.90. The molecule has 0 N–H and O–H groups in total. The van der Waals surface area contributed by atoms with E-state index in [1.807, 2.05) is 12.4 Å². The number of nitrogens with zero attached hydrogens (tertiary/aromatic N) is 2. The van der Waals surface area contributed by atoms with Crippen molar-refractivity contribution in [3.8, 4) is 5.75 Å². The lowest BCUT2D eigenvalue weighted by Gasteiger charge is -2.30. The molecule has 2 fully saturated rings. The van der Waals surface area contributed by atoms with Crippen LogP contribution in [0.2, 0.25) is 0 Å². The molecule has 2 atom stereocenters. The van der Waals surface area contributed by atoms with Crippen LogP contribution >= 0.6 is 0 Å². The van der Waals surface area contributed by atoms with Crippen molar-refractivity contribution in [1.82, 2.24) is 9.97 Å². The third kappa shape index (κ3) is 5.94. The molecule has 34 heavy (non-hydrogen) atoms. The quantitative estimate of drug-likeness (QED) is 0.352. The maximum atomic E-state index is 14.6. The Morgan fingerprint density at radius 3 is 2.29 bits per heavy atom. The van der Waals surface area contributed by atoms with E-state index in [1.54, 1.807) is 13.0 Å². The van der Waals surface area contributed by atoms with E-state index in [4.69, 9.17) is 9.47 Å². The van der Waals surface area contributed by atoms with Crippen LogP contribution in [0.4, 0.5) is 8.78 Å². The van der Waals surface area contributed by atoms with Crippen LogP contribution in [0.5, 0.6) is 5.75 Å². The lowest BCUT2D eigenvalue weighted by atomic mass is 9.77. The van der Waals surface area contributed by atoms with Crippen molar-refractivity contribution >= 4 is 0 Å². The van der Waals surface area contributed by atoms with Gasteiger partial charge < -0.3 is 9.47 Å². The first kappa shape index (κ1) is 25.0. The molecule has 4 nitrogen and oxygen atoms in total. The minimum absolute atomic E-state index is 0.0446. The molecule has 2 aliphatic rings. The number of hydrogen-bond donors (Lipinski definition) is 0. The summed E-state index contributed by atoms with van der Waals surface area (Å²) in [6.07, 6.45) is 15.6. The predicted molar refractivity (Wildman–Crippen MR) is 129 cm³/mol. The average Bonchev–Trinajstić information content (AvgIpc) is 2.88. The average molecular weight is 473 g/mol. The fourth-order valence-electron chi connectivity index (χ4n) is 5.52. The zero-order chi connectivity index (χ0) is 23.9. The molecule has 1 saturated carbocycles. The first-order chi connectivity index (χ1) is 16.6. The zero-order valence-electron chi connectivity index (χ0n) is 20.6. The van der Waals surface area contributed by atoms with Gasteiger partial charge in [0.15, 0.2) is 17.4 Å². The van der Waals surface area contributed by atoms with Crippen LogP contribution < -0.4 is 4.74 Å². The molecular weight excluding hydrogens is 434 g/mol. The summed E-state index contributed by atoms with van der Waals surface area (Å²) >= 11 is 0. The van der Waals surface area contributed by atoms with Crippen molar-refractivity contribution in [2.45, 2.75) is 96.0 Å². The maximum Gasteiger partial charge on any atom is 0.200 e. The summed E-state index contributed by atoms with van der Waals surface area (Å²) in [5.74, 6) is 0.152. The summed E-state index contributed by atoms with van der Waals surface area (Å²) < 4.78 is 40.0. The molecule has 4 rings (SSSR count). The molecule has 1 aliphatic carbocycles. The molecular formula is C28H38F2N2O2. The molecule has 0 spiro atoms. The van der Waals surface area contributed by atoms with Gasteiger partial charge in [-0.3, -0.25) is 0 Å². The van der Waals surface area contributed by atoms with E-state index in [0.717, 1.165) is 5.92 Å². The summed E-state index contributed by atoms with van der Waals surface area (Å²) in [7, 11) is 0. The Bertz CT molecular complexity index is 905. The number of halogens is 2. The van der Waals surface area contributed by atoms with Crippen molar-refractivity contribution < 1.29 is 18.3 Å². The van der Waals surface area contributed by atoms with E-state index < -0.39 is 11.6 Å². The third-order valence-corrected chi connectivity index (χ3v) is 7.61. The summed E-state index contributed by atoms with van der Waals surface area (Å²) in [6, 6.07) is 3.12. The molecule has 1 aromatic heterocycles. The van der Waals surface area contributed by atoms with E-state index in [1.165, 1.54) is 63.0 Å². The van der Waals surface area contributed by atoms with Crippen LogP contribution in [-0.2, 0) is 4.74 Å². The number of rotatable bonds is 9. The Morgan fingerprint density at radius 1 is 0.912 bits per heavy atom. The highest BCUT2D eigenvalue weighted by Crippen LogP contribution is 2.39. The molecule has 2 heterocycles. The van der Waals surface area contributed by atoms with E-state index in [0.29, 0.717) is 43.4 Å². The largest absolute Gasteiger partial charge is 0.491 e. The monoisotopic (exact) mass is 472 g/mol. The number of hydrogen-bond acceptors (Lipinski definition) is 4. The molecule has 186 valence electrons. The normalized spacial score (nSPS) is 25.3. The van der Waals surface area contributed by atoms with Gasteiger partial charge in [0.2, 0.25) is 5.82 Å². The fourth-order valence-corrected chi connectivity index (χ4v) is 5.52. The van der Waals surface area contributed by atoms with Gasteiger partial charge in [0.25, 0.3) is 0 Å². The smallest absolute Gasteiger partial charge is 0.200 e. The standard InChI is InChI=1S/C28H38F2N2O2/c1-3-5-6-7-19-8-10-20(11-9-19)22-16-31-28(32-17-22)25-14-12-21(18-34-25)23-13-15-24(33-4-2)27(30)26(23)29/h13,15-17,19-21,25H,3-12,14,18H2,1-2H3. The van der Waals surface area contributed by atoms with Crippen molar-refractivity contribution in [3.63, 3.8) is 0 Å². The number of benzene rings is 1. The molecule has 1 saturated heterocycles. The van der Waals surface area contributed by atoms with Crippen LogP contribution in [0.1, 0.15) is 113 Å². The fraction of sp³-hybridized carbons (Fsp3) is 0.643. The van der Waals surface area contributed by atoms with Gasteiger partial charge in [-0.1, -0.05) is 38.7 Å². The van der Waals surface area contributed by atoms with Crippen molar-refractivity contribution in [1.29, 1.82) is 0 Å². The first-order valence-electron chi connectivity index (χ1n) is 13.1. The van der Waals surface area contributed by atoms with Crippen molar-refractivity contribution in [3.05, 3.63) is 53.1 Å². The van der Waals surface area contributed by atoms with Gasteiger partial charge in [0.05, 0.1) is 13.2 Å². The van der Waals surface area contributed by atoms with Crippen LogP contribution in [0.3, 0.4) is 0 Å². The number of ether oxygens (including phenoxy) is 2. The van der Waals surface area contributed by atoms with Crippen LogP contribution in [0, 0.1) is 17.6 Å². The van der Waals surface area contributed by atoms with Gasteiger partial charge in [-0.2, -0.15) is 4.39 Å². The van der Waals surface area contributed by atoms with E-state index >= 15 is 0 Å². The zero-order valence-corrected chi connectivity index (χ0v) is 20.6. The summed E-state index contributed by atoms with van der Waals surface area (Å²) in [6.45, 7) is 4.63. The van der Waals surface area contributed by atoms with Gasteiger partial charge >= 0.3 is 0 Å². The minimum atomic E-state index is -0.921. The summed E-state index contributed by atoms with van der Waals surface area (Å²) in [5.41, 5.74) is 1.58. The van der Waals surface area contributed by atoms with Crippen LogP contribution in [-0.4, -0.2) is 23.2 Å². The Morgan fingerprint density at radius 2 is 1.65 bits per heavy atom. The lowest BCUT2D eigenvalue weighted by molar-refractivity contribution is -0.00359. The molecule has 0 radical (unpaired) electrons. The minimum Gasteiger partial charge on any atom is -0.491 e. The number of aromatic nitrogens is 2. The van der Waals surface area contributed by atoms with Gasteiger partial charge in [-0.15, -0.1) is 0 Å². The third-order valence-electron chi connectivity index (χ3n) is 7.61. The number of unbranched alkanes of at least 4 members (excludes halogenated alkanes) is 2. The second-order valence-electron chi connectivity index (χ2n) is 9.90. The van der Waals surface area contributed by atoms with Gasteiger partial charge in [-0.25, -0.2) is 14.4 Å². The lowest BCUT2D eigenvalue weighted by Crippen LogP contribution is -2.22. The predicted octanol–water partition coefficient (Wildman–Crippen LogP) is 7.64. The molecule has 2 aromatic rings. The Balaban J connectivity index is 1.29. The van der Waals surface area contributed by atoms with E-state index in [2.05, 4.69) is 16.9 Å². The summed E-state index contributed by atoms with van der Waals surface area (Å²) in [5, 5.41) is 0. The Kier molecular flexibility index (Phi) is 8.87. The van der Waals surface area contributed by atoms with Gasteiger partial charge in [-0.05, 0) is 74.5 Å². The molecule has 1 aromatic carbocycles. The molecule has 6 heteroatoms. The summed E-state index contributed by atoms with van der Waals surface area (Å²) in [4.78, 5) is 9.26. The van der Waals surface area contributed by atoms with E-state index in [9.17, 15) is 8.78 Å². The highest BCUT2D eigenvalue weighted by molar-refractivity contribution is 5.33. The Labute approximate surface area is 202 Å². The van der Waals surface area contributed by atoms with Gasteiger partial charge in [0.1, 0.15) is 6.10 Å². The van der Waals surface area contributed by atoms with E-state index in [-0.39, 0.29) is 17.8 Å². The topological polar surface area (TPSA) is 44.2 Å². The van der Waals surface area contributed by atoms with Crippen LogP contribution in [0.25, 0.3) is 0 Å². The molecule has 0 amide bonds. The Hall–Kier alpha value is -2.08. The van der Waals surface area contributed by atoms with Gasteiger partial charge in [0, 0.05) is 18.3 Å². The van der Waals surface area contributed by atoms with Crippen LogP contribution in [0.15, 0.2) is 24.5 Å². The van der Waals surface area contributed by atoms with Crippen molar-refractivity contribution in [2.24, 2.45) is 5.92 Å². The first-order valence-corrected chi connectivity index (χ1v) is 13.1. The van der Waals surface area contributed by atoms with Crippen molar-refractivity contribution in [2.75, 3.05) is 13.2 Å². The SMILES string of the molecule is CCCCCC1CCC(c2cnc(C3CCC(c4ccc(OCC)c(F)c4F)CO3)nc2)CC1. The maximum absolute atomic E-state index is 14.6.